The van der Waals surface area contributed by atoms with Crippen LogP contribution in [0, 0.1) is 12.7 Å². The molecule has 0 radical (unpaired) electrons. The normalized spacial score (nSPS) is 10.8. The van der Waals surface area contributed by atoms with Crippen molar-refractivity contribution in [2.75, 3.05) is 5.32 Å². The number of halogens is 2. The molecule has 0 aliphatic carbocycles. The molecule has 0 saturated carbocycles. The van der Waals surface area contributed by atoms with Crippen molar-refractivity contribution in [1.29, 1.82) is 0 Å². The Morgan fingerprint density at radius 3 is 2.84 bits per heavy atom. The monoisotopic (exact) mass is 440 g/mol. The molecule has 2 aromatic heterocycles. The topological polar surface area (TPSA) is 86.9 Å². The van der Waals surface area contributed by atoms with E-state index in [-0.39, 0.29) is 24.2 Å². The van der Waals surface area contributed by atoms with Gasteiger partial charge in [-0.1, -0.05) is 23.7 Å². The molecule has 0 fully saturated rings. The number of amides is 1. The molecule has 2 aromatic carbocycles. The molecule has 158 valence electrons. The average molecular weight is 441 g/mol. The van der Waals surface area contributed by atoms with Gasteiger partial charge in [0.25, 0.3) is 5.91 Å². The van der Waals surface area contributed by atoms with Crippen LogP contribution in [0.25, 0.3) is 0 Å². The maximum Gasteiger partial charge on any atom is 0.278 e. The molecule has 31 heavy (non-hydrogen) atoms. The fraction of sp³-hybridized carbons (Fsp3) is 0.143. The van der Waals surface area contributed by atoms with Crippen LogP contribution in [0.1, 0.15) is 21.6 Å². The lowest BCUT2D eigenvalue weighted by atomic mass is 10.2. The molecule has 0 unspecified atom stereocenters. The zero-order valence-corrected chi connectivity index (χ0v) is 17.3. The third-order valence-corrected chi connectivity index (χ3v) is 4.79. The number of nitrogens with zero attached hydrogens (tertiary/aromatic N) is 5. The summed E-state index contributed by atoms with van der Waals surface area (Å²) in [6.07, 6.45) is 3.09. The van der Waals surface area contributed by atoms with Crippen LogP contribution in [0.3, 0.4) is 0 Å². The van der Waals surface area contributed by atoms with Gasteiger partial charge in [-0.15, -0.1) is 5.10 Å². The van der Waals surface area contributed by atoms with Crippen LogP contribution in [-0.4, -0.2) is 30.5 Å². The van der Waals surface area contributed by atoms with Crippen molar-refractivity contribution in [3.63, 3.8) is 0 Å². The molecule has 0 aliphatic heterocycles. The number of hydrogen-bond donors (Lipinski definition) is 1. The molecule has 0 spiro atoms. The molecule has 0 aliphatic rings. The summed E-state index contributed by atoms with van der Waals surface area (Å²) in [5.74, 6) is 0.00165. The van der Waals surface area contributed by atoms with E-state index in [0.717, 1.165) is 11.1 Å². The van der Waals surface area contributed by atoms with E-state index in [9.17, 15) is 9.18 Å². The second kappa shape index (κ2) is 8.97. The van der Waals surface area contributed by atoms with Crippen LogP contribution < -0.4 is 10.1 Å². The van der Waals surface area contributed by atoms with Crippen molar-refractivity contribution in [1.82, 2.24) is 24.5 Å². The lowest BCUT2D eigenvalue weighted by Gasteiger charge is -2.07. The predicted octanol–water partition coefficient (Wildman–Crippen LogP) is 3.91. The average Bonchev–Trinajstić information content (AvgIpc) is 3.38. The summed E-state index contributed by atoms with van der Waals surface area (Å²) >= 11 is 6.01. The van der Waals surface area contributed by atoms with Gasteiger partial charge < -0.3 is 4.74 Å². The lowest BCUT2D eigenvalue weighted by Crippen LogP contribution is -2.15. The summed E-state index contributed by atoms with van der Waals surface area (Å²) in [5.41, 5.74) is 1.83. The molecular formula is C21H18ClFN6O2. The minimum Gasteiger partial charge on any atom is -0.471 e. The highest BCUT2D eigenvalue weighted by atomic mass is 35.5. The highest BCUT2D eigenvalue weighted by molar-refractivity contribution is 6.31. The first-order valence-corrected chi connectivity index (χ1v) is 9.72. The van der Waals surface area contributed by atoms with Crippen molar-refractivity contribution in [2.24, 2.45) is 0 Å². The van der Waals surface area contributed by atoms with Gasteiger partial charge in [0.2, 0.25) is 5.95 Å². The highest BCUT2D eigenvalue weighted by Crippen LogP contribution is 2.21. The van der Waals surface area contributed by atoms with E-state index >= 15 is 0 Å². The molecule has 4 aromatic rings. The lowest BCUT2D eigenvalue weighted by molar-refractivity contribution is 0.101. The third-order valence-electron chi connectivity index (χ3n) is 4.36. The third kappa shape index (κ3) is 5.26. The van der Waals surface area contributed by atoms with E-state index in [4.69, 9.17) is 16.3 Å². The Kier molecular flexibility index (Phi) is 5.94. The number of benzene rings is 2. The van der Waals surface area contributed by atoms with Crippen molar-refractivity contribution in [3.8, 4) is 5.75 Å². The minimum atomic E-state index is -0.454. The van der Waals surface area contributed by atoms with E-state index in [0.29, 0.717) is 17.3 Å². The van der Waals surface area contributed by atoms with Gasteiger partial charge in [0.05, 0.1) is 6.54 Å². The molecule has 1 amide bonds. The fourth-order valence-electron chi connectivity index (χ4n) is 2.82. The Hall–Kier alpha value is -3.72. The molecular weight excluding hydrogens is 423 g/mol. The summed E-state index contributed by atoms with van der Waals surface area (Å²) in [7, 11) is 0. The summed E-state index contributed by atoms with van der Waals surface area (Å²) in [4.78, 5) is 16.5. The highest BCUT2D eigenvalue weighted by Gasteiger charge is 2.13. The summed E-state index contributed by atoms with van der Waals surface area (Å²) in [5, 5.41) is 11.6. The van der Waals surface area contributed by atoms with E-state index in [1.165, 1.54) is 27.8 Å². The quantitative estimate of drug-likeness (QED) is 0.470. The molecule has 10 heteroatoms. The van der Waals surface area contributed by atoms with E-state index < -0.39 is 5.91 Å². The molecule has 4 rings (SSSR count). The van der Waals surface area contributed by atoms with Crippen molar-refractivity contribution in [2.45, 2.75) is 20.2 Å². The minimum absolute atomic E-state index is 0.129. The van der Waals surface area contributed by atoms with E-state index in [2.05, 4.69) is 20.5 Å². The molecule has 0 bridgehead atoms. The van der Waals surface area contributed by atoms with Crippen LogP contribution in [0.5, 0.6) is 5.75 Å². The van der Waals surface area contributed by atoms with Crippen molar-refractivity contribution >= 4 is 23.5 Å². The Morgan fingerprint density at radius 1 is 1.16 bits per heavy atom. The molecule has 0 atom stereocenters. The first kappa shape index (κ1) is 20.5. The summed E-state index contributed by atoms with van der Waals surface area (Å²) in [6, 6.07) is 13.1. The number of ether oxygens (including phenoxy) is 1. The van der Waals surface area contributed by atoms with Gasteiger partial charge >= 0.3 is 0 Å². The fourth-order valence-corrected chi connectivity index (χ4v) is 2.94. The van der Waals surface area contributed by atoms with Crippen LogP contribution in [0.2, 0.25) is 5.02 Å². The Bertz CT molecular complexity index is 1220. The Balaban J connectivity index is 1.33. The van der Waals surface area contributed by atoms with Gasteiger partial charge in [-0.3, -0.25) is 10.1 Å². The van der Waals surface area contributed by atoms with Gasteiger partial charge in [-0.05, 0) is 54.4 Å². The second-order valence-corrected chi connectivity index (χ2v) is 7.18. The maximum atomic E-state index is 13.3. The molecule has 1 N–H and O–H groups in total. The van der Waals surface area contributed by atoms with Gasteiger partial charge in [0.1, 0.15) is 17.9 Å². The Morgan fingerprint density at radius 2 is 2.03 bits per heavy atom. The number of nitrogens with one attached hydrogen (secondary N) is 1. The summed E-state index contributed by atoms with van der Waals surface area (Å²) in [6.45, 7) is 2.35. The smallest absolute Gasteiger partial charge is 0.278 e. The number of hydrogen-bond acceptors (Lipinski definition) is 5. The number of carbonyl (C=O) groups excluding carboxylic acids is 1. The van der Waals surface area contributed by atoms with Gasteiger partial charge in [-0.2, -0.15) is 5.10 Å². The van der Waals surface area contributed by atoms with Crippen molar-refractivity contribution < 1.29 is 13.9 Å². The number of rotatable bonds is 7. The van der Waals surface area contributed by atoms with Gasteiger partial charge in [-0.25, -0.2) is 18.7 Å². The number of carbonyl (C=O) groups is 1. The summed E-state index contributed by atoms with van der Waals surface area (Å²) < 4.78 is 22.0. The number of aromatic nitrogens is 5. The van der Waals surface area contributed by atoms with Crippen LogP contribution >= 0.6 is 11.6 Å². The number of aryl methyl sites for hydroxylation is 1. The van der Waals surface area contributed by atoms with Crippen LogP contribution in [0.4, 0.5) is 10.3 Å². The zero-order valence-electron chi connectivity index (χ0n) is 16.5. The van der Waals surface area contributed by atoms with Crippen molar-refractivity contribution in [3.05, 3.63) is 88.7 Å². The van der Waals surface area contributed by atoms with Gasteiger partial charge in [0, 0.05) is 11.2 Å². The predicted molar refractivity (Wildman–Crippen MR) is 113 cm³/mol. The first-order valence-electron chi connectivity index (χ1n) is 9.34. The van der Waals surface area contributed by atoms with E-state index in [1.54, 1.807) is 36.5 Å². The van der Waals surface area contributed by atoms with Crippen LogP contribution in [0.15, 0.2) is 61.1 Å². The SMILES string of the molecule is Cc1cc(OCn2ccc(C(=O)Nc3ncn(Cc4cccc(F)c4)n3)n2)ccc1Cl. The van der Waals surface area contributed by atoms with Gasteiger partial charge in [0.15, 0.2) is 12.4 Å². The second-order valence-electron chi connectivity index (χ2n) is 6.77. The van der Waals surface area contributed by atoms with E-state index in [1.807, 2.05) is 13.0 Å². The zero-order chi connectivity index (χ0) is 21.8. The first-order chi connectivity index (χ1) is 15.0. The van der Waals surface area contributed by atoms with Crippen LogP contribution in [-0.2, 0) is 13.3 Å². The molecule has 8 nitrogen and oxygen atoms in total. The number of anilines is 1. The maximum absolute atomic E-state index is 13.3. The molecule has 0 saturated heterocycles. The molecule has 2 heterocycles. The Labute approximate surface area is 182 Å². The largest absolute Gasteiger partial charge is 0.471 e. The standard InChI is InChI=1S/C21H18ClFN6O2/c1-14-9-17(5-6-18(14)22)31-13-28-8-7-19(26-28)20(30)25-21-24-12-29(27-21)11-15-3-2-4-16(23)10-15/h2-10,12H,11,13H2,1H3,(H,25,27,30).